The maximum absolute atomic E-state index is 12.9. The number of hydrogen-bond acceptors (Lipinski definition) is 2. The third-order valence-corrected chi connectivity index (χ3v) is 4.92. The van der Waals surface area contributed by atoms with E-state index in [4.69, 9.17) is 0 Å². The predicted molar refractivity (Wildman–Crippen MR) is 103 cm³/mol. The Balaban J connectivity index is 1.41. The van der Waals surface area contributed by atoms with Crippen molar-refractivity contribution in [3.63, 3.8) is 0 Å². The van der Waals surface area contributed by atoms with E-state index in [0.717, 1.165) is 12.1 Å². The first-order chi connectivity index (χ1) is 13.2. The molecule has 1 aliphatic rings. The van der Waals surface area contributed by atoms with E-state index in [0.29, 0.717) is 37.4 Å². The minimum Gasteiger partial charge on any atom is -0.357 e. The van der Waals surface area contributed by atoms with Crippen LogP contribution >= 0.6 is 0 Å². The molecule has 1 saturated heterocycles. The van der Waals surface area contributed by atoms with E-state index in [2.05, 4.69) is 4.98 Å². The Morgan fingerprint density at radius 2 is 1.44 bits per heavy atom. The van der Waals surface area contributed by atoms with Gasteiger partial charge in [-0.1, -0.05) is 0 Å². The van der Waals surface area contributed by atoms with Gasteiger partial charge in [0, 0.05) is 56.0 Å². The molecule has 1 aliphatic heterocycles. The SMILES string of the molecule is O=C(c1ccc(-n2cccc2)cc1)N1CCCN(C(=O)c2ccc[nH]2)CC1. The molecule has 0 radical (unpaired) electrons. The highest BCUT2D eigenvalue weighted by Gasteiger charge is 2.23. The number of aromatic amines is 1. The molecular formula is C21H22N4O2. The number of nitrogens with zero attached hydrogens (tertiary/aromatic N) is 3. The third-order valence-electron chi connectivity index (χ3n) is 4.92. The van der Waals surface area contributed by atoms with Crippen LogP contribution < -0.4 is 0 Å². The molecule has 1 aromatic carbocycles. The first-order valence-electron chi connectivity index (χ1n) is 9.18. The standard InChI is InChI=1S/C21H22N4O2/c26-20(17-6-8-18(9-7-17)23-11-1-2-12-23)24-13-4-14-25(16-15-24)21(27)19-5-3-10-22-19/h1-3,5-12,22H,4,13-16H2. The van der Waals surface area contributed by atoms with Gasteiger partial charge in [0.15, 0.2) is 0 Å². The fourth-order valence-corrected chi connectivity index (χ4v) is 3.42. The average Bonchev–Trinajstić information content (AvgIpc) is 3.38. The molecule has 3 aromatic rings. The molecule has 6 nitrogen and oxygen atoms in total. The Hall–Kier alpha value is -3.28. The lowest BCUT2D eigenvalue weighted by molar-refractivity contribution is 0.0716. The topological polar surface area (TPSA) is 61.3 Å². The number of carbonyl (C=O) groups excluding carboxylic acids is 2. The van der Waals surface area contributed by atoms with Gasteiger partial charge in [0.25, 0.3) is 11.8 Å². The molecular weight excluding hydrogens is 340 g/mol. The van der Waals surface area contributed by atoms with Crippen LogP contribution in [0.1, 0.15) is 27.3 Å². The van der Waals surface area contributed by atoms with Crippen molar-refractivity contribution in [2.45, 2.75) is 6.42 Å². The second-order valence-corrected chi connectivity index (χ2v) is 6.66. The van der Waals surface area contributed by atoms with Gasteiger partial charge < -0.3 is 19.4 Å². The fourth-order valence-electron chi connectivity index (χ4n) is 3.42. The summed E-state index contributed by atoms with van der Waals surface area (Å²) in [5.74, 6) is 0.00797. The van der Waals surface area contributed by atoms with Crippen LogP contribution in [0.2, 0.25) is 0 Å². The summed E-state index contributed by atoms with van der Waals surface area (Å²) in [6.45, 7) is 2.41. The number of benzene rings is 1. The Morgan fingerprint density at radius 1 is 0.778 bits per heavy atom. The first kappa shape index (κ1) is 17.1. The number of carbonyl (C=O) groups is 2. The van der Waals surface area contributed by atoms with E-state index in [1.165, 1.54) is 0 Å². The van der Waals surface area contributed by atoms with Gasteiger partial charge in [0.2, 0.25) is 0 Å². The lowest BCUT2D eigenvalue weighted by Gasteiger charge is -2.22. The second-order valence-electron chi connectivity index (χ2n) is 6.66. The molecule has 2 amide bonds. The van der Waals surface area contributed by atoms with Gasteiger partial charge in [-0.15, -0.1) is 0 Å². The average molecular weight is 362 g/mol. The van der Waals surface area contributed by atoms with Crippen molar-refractivity contribution in [2.24, 2.45) is 0 Å². The Bertz CT molecular complexity index is 898. The van der Waals surface area contributed by atoms with Gasteiger partial charge in [-0.25, -0.2) is 0 Å². The van der Waals surface area contributed by atoms with Gasteiger partial charge in [0.1, 0.15) is 5.69 Å². The van der Waals surface area contributed by atoms with E-state index >= 15 is 0 Å². The zero-order valence-electron chi connectivity index (χ0n) is 15.0. The maximum Gasteiger partial charge on any atom is 0.270 e. The number of amides is 2. The van der Waals surface area contributed by atoms with E-state index in [1.807, 2.05) is 69.2 Å². The Morgan fingerprint density at radius 3 is 2.07 bits per heavy atom. The van der Waals surface area contributed by atoms with Crippen molar-refractivity contribution in [2.75, 3.05) is 26.2 Å². The zero-order chi connectivity index (χ0) is 18.6. The normalized spacial score (nSPS) is 14.8. The molecule has 2 aromatic heterocycles. The molecule has 0 saturated carbocycles. The molecule has 6 heteroatoms. The van der Waals surface area contributed by atoms with Crippen molar-refractivity contribution in [3.8, 4) is 5.69 Å². The maximum atomic E-state index is 12.9. The predicted octanol–water partition coefficient (Wildman–Crippen LogP) is 2.79. The second kappa shape index (κ2) is 7.53. The quantitative estimate of drug-likeness (QED) is 0.779. The molecule has 27 heavy (non-hydrogen) atoms. The highest BCUT2D eigenvalue weighted by molar-refractivity contribution is 5.95. The van der Waals surface area contributed by atoms with Crippen molar-refractivity contribution in [1.82, 2.24) is 19.4 Å². The summed E-state index contributed by atoms with van der Waals surface area (Å²) in [4.78, 5) is 32.0. The van der Waals surface area contributed by atoms with Crippen LogP contribution in [0.4, 0.5) is 0 Å². The highest BCUT2D eigenvalue weighted by Crippen LogP contribution is 2.14. The van der Waals surface area contributed by atoms with Crippen molar-refractivity contribution < 1.29 is 9.59 Å². The lowest BCUT2D eigenvalue weighted by atomic mass is 10.1. The summed E-state index contributed by atoms with van der Waals surface area (Å²) in [6, 6.07) is 15.2. The molecule has 0 bridgehead atoms. The third kappa shape index (κ3) is 3.65. The summed E-state index contributed by atoms with van der Waals surface area (Å²) in [5, 5.41) is 0. The molecule has 138 valence electrons. The summed E-state index contributed by atoms with van der Waals surface area (Å²) >= 11 is 0. The smallest absolute Gasteiger partial charge is 0.270 e. The Kier molecular flexibility index (Phi) is 4.78. The molecule has 1 N–H and O–H groups in total. The van der Waals surface area contributed by atoms with Crippen LogP contribution in [0.3, 0.4) is 0 Å². The molecule has 0 unspecified atom stereocenters. The first-order valence-corrected chi connectivity index (χ1v) is 9.18. The molecule has 1 fully saturated rings. The number of rotatable bonds is 3. The van der Waals surface area contributed by atoms with Crippen molar-refractivity contribution in [1.29, 1.82) is 0 Å². The Labute approximate surface area is 158 Å². The lowest BCUT2D eigenvalue weighted by Crippen LogP contribution is -2.37. The van der Waals surface area contributed by atoms with Crippen LogP contribution in [-0.2, 0) is 0 Å². The molecule has 0 atom stereocenters. The van der Waals surface area contributed by atoms with Gasteiger partial charge in [-0.2, -0.15) is 0 Å². The summed E-state index contributed by atoms with van der Waals surface area (Å²) in [5.41, 5.74) is 2.29. The number of nitrogens with one attached hydrogen (secondary N) is 1. The largest absolute Gasteiger partial charge is 0.357 e. The van der Waals surface area contributed by atoms with E-state index in [9.17, 15) is 9.59 Å². The summed E-state index contributed by atoms with van der Waals surface area (Å²) in [6.07, 6.45) is 6.47. The molecule has 0 aliphatic carbocycles. The van der Waals surface area contributed by atoms with E-state index < -0.39 is 0 Å². The highest BCUT2D eigenvalue weighted by atomic mass is 16.2. The summed E-state index contributed by atoms with van der Waals surface area (Å²) in [7, 11) is 0. The van der Waals surface area contributed by atoms with Crippen LogP contribution in [0.25, 0.3) is 5.69 Å². The van der Waals surface area contributed by atoms with Crippen LogP contribution in [0.15, 0.2) is 67.1 Å². The van der Waals surface area contributed by atoms with Gasteiger partial charge >= 0.3 is 0 Å². The van der Waals surface area contributed by atoms with Crippen LogP contribution in [-0.4, -0.2) is 57.3 Å². The molecule has 0 spiro atoms. The van der Waals surface area contributed by atoms with E-state index in [-0.39, 0.29) is 11.8 Å². The van der Waals surface area contributed by atoms with Gasteiger partial charge in [0.05, 0.1) is 0 Å². The van der Waals surface area contributed by atoms with E-state index in [1.54, 1.807) is 12.3 Å². The summed E-state index contributed by atoms with van der Waals surface area (Å²) < 4.78 is 2.00. The monoisotopic (exact) mass is 362 g/mol. The minimum absolute atomic E-state index is 0.00891. The van der Waals surface area contributed by atoms with Crippen molar-refractivity contribution in [3.05, 3.63) is 78.4 Å². The van der Waals surface area contributed by atoms with Gasteiger partial charge in [-0.3, -0.25) is 9.59 Å². The zero-order valence-corrected chi connectivity index (χ0v) is 15.0. The molecule has 3 heterocycles. The van der Waals surface area contributed by atoms with Crippen LogP contribution in [0.5, 0.6) is 0 Å². The number of hydrogen-bond donors (Lipinski definition) is 1. The van der Waals surface area contributed by atoms with Gasteiger partial charge in [-0.05, 0) is 55.0 Å². The number of H-pyrrole nitrogens is 1. The molecule has 4 rings (SSSR count). The van der Waals surface area contributed by atoms with Crippen molar-refractivity contribution >= 4 is 11.8 Å². The van der Waals surface area contributed by atoms with Crippen LogP contribution in [0, 0.1) is 0 Å². The minimum atomic E-state index is -0.00891. The number of aromatic nitrogens is 2. The fraction of sp³-hybridized carbons (Fsp3) is 0.238.